The van der Waals surface area contributed by atoms with Crippen molar-refractivity contribution in [2.75, 3.05) is 6.61 Å². The second-order valence-electron chi connectivity index (χ2n) is 3.99. The zero-order valence-corrected chi connectivity index (χ0v) is 11.9. The summed E-state index contributed by atoms with van der Waals surface area (Å²) in [5.74, 6) is -1.45. The molecule has 0 aliphatic heterocycles. The normalized spacial score (nSPS) is 10.7. The van der Waals surface area contributed by atoms with Crippen LogP contribution in [0.25, 0.3) is 10.9 Å². The minimum absolute atomic E-state index is 0.141. The van der Waals surface area contributed by atoms with Gasteiger partial charge >= 0.3 is 5.97 Å². The van der Waals surface area contributed by atoms with Crippen LogP contribution in [0.1, 0.15) is 22.8 Å². The molecule has 0 unspecified atom stereocenters. The number of nitrogens with one attached hydrogen (secondary N) is 1. The molecule has 1 aromatic heterocycles. The fraction of sp³-hybridized carbons (Fsp3) is 0.231. The quantitative estimate of drug-likeness (QED) is 0.863. The number of aromatic amines is 1. The lowest BCUT2D eigenvalue weighted by atomic mass is 10.1. The molecular weight excluding hydrogens is 317 g/mol. The first-order valence-electron chi connectivity index (χ1n) is 5.64. The zero-order chi connectivity index (χ0) is 14.2. The van der Waals surface area contributed by atoms with Crippen molar-refractivity contribution in [3.8, 4) is 0 Å². The van der Waals surface area contributed by atoms with Crippen LogP contribution < -0.4 is 5.43 Å². The number of H-pyrrole nitrogens is 1. The van der Waals surface area contributed by atoms with E-state index in [9.17, 15) is 14.0 Å². The summed E-state index contributed by atoms with van der Waals surface area (Å²) in [4.78, 5) is 26.6. The second kappa shape index (κ2) is 5.13. The van der Waals surface area contributed by atoms with Crippen molar-refractivity contribution >= 4 is 32.8 Å². The van der Waals surface area contributed by atoms with Crippen LogP contribution in [0.4, 0.5) is 4.39 Å². The summed E-state index contributed by atoms with van der Waals surface area (Å²) in [5.41, 5.74) is 0.203. The Morgan fingerprint density at radius 1 is 1.53 bits per heavy atom. The van der Waals surface area contributed by atoms with Crippen LogP contribution in [0, 0.1) is 12.7 Å². The molecule has 2 aromatic rings. The first-order chi connectivity index (χ1) is 8.97. The first kappa shape index (κ1) is 13.7. The molecule has 0 amide bonds. The van der Waals surface area contributed by atoms with E-state index in [2.05, 4.69) is 20.9 Å². The third-order valence-electron chi connectivity index (χ3n) is 2.74. The van der Waals surface area contributed by atoms with Gasteiger partial charge in [-0.05, 0) is 41.4 Å². The van der Waals surface area contributed by atoms with E-state index >= 15 is 0 Å². The van der Waals surface area contributed by atoms with Gasteiger partial charge in [-0.1, -0.05) is 0 Å². The summed E-state index contributed by atoms with van der Waals surface area (Å²) in [6, 6.07) is 1.57. The van der Waals surface area contributed by atoms with Crippen LogP contribution in [0.2, 0.25) is 0 Å². The van der Waals surface area contributed by atoms with Crippen molar-refractivity contribution < 1.29 is 13.9 Å². The van der Waals surface area contributed by atoms with Gasteiger partial charge in [-0.2, -0.15) is 0 Å². The summed E-state index contributed by atoms with van der Waals surface area (Å²) in [6.07, 6.45) is 1.25. The molecule has 0 aliphatic carbocycles. The Bertz CT molecular complexity index is 724. The Hall–Kier alpha value is -1.69. The SMILES string of the molecule is CCOC(=O)c1c[nH]c2c(C)cc(Br)c(F)c2c1=O. The van der Waals surface area contributed by atoms with Crippen LogP contribution in [0.5, 0.6) is 0 Å². The van der Waals surface area contributed by atoms with Crippen molar-refractivity contribution in [3.63, 3.8) is 0 Å². The van der Waals surface area contributed by atoms with Gasteiger partial charge < -0.3 is 9.72 Å². The minimum atomic E-state index is -0.761. The molecule has 0 atom stereocenters. The van der Waals surface area contributed by atoms with Crippen molar-refractivity contribution in [2.45, 2.75) is 13.8 Å². The lowest BCUT2D eigenvalue weighted by Crippen LogP contribution is -2.19. The number of aryl methyl sites for hydroxylation is 1. The molecule has 1 heterocycles. The smallest absolute Gasteiger partial charge is 0.343 e. The van der Waals surface area contributed by atoms with E-state index < -0.39 is 17.2 Å². The monoisotopic (exact) mass is 327 g/mol. The maximum Gasteiger partial charge on any atom is 0.343 e. The van der Waals surface area contributed by atoms with E-state index in [4.69, 9.17) is 4.74 Å². The highest BCUT2D eigenvalue weighted by atomic mass is 79.9. The Balaban J connectivity index is 2.82. The summed E-state index contributed by atoms with van der Waals surface area (Å²) in [5, 5.41) is -0.141. The number of rotatable bonds is 2. The van der Waals surface area contributed by atoms with Crippen molar-refractivity contribution in [2.24, 2.45) is 0 Å². The number of pyridine rings is 1. The number of benzene rings is 1. The summed E-state index contributed by atoms with van der Waals surface area (Å²) in [7, 11) is 0. The van der Waals surface area contributed by atoms with Crippen LogP contribution in [0.15, 0.2) is 21.5 Å². The Kier molecular flexibility index (Phi) is 3.71. The molecule has 0 saturated carbocycles. The molecule has 0 fully saturated rings. The van der Waals surface area contributed by atoms with Gasteiger partial charge in [-0.15, -0.1) is 0 Å². The Morgan fingerprint density at radius 3 is 2.84 bits per heavy atom. The molecule has 6 heteroatoms. The zero-order valence-electron chi connectivity index (χ0n) is 10.3. The molecule has 1 N–H and O–H groups in total. The van der Waals surface area contributed by atoms with Gasteiger partial charge in [0.15, 0.2) is 5.82 Å². The fourth-order valence-electron chi connectivity index (χ4n) is 1.86. The maximum atomic E-state index is 14.0. The molecule has 19 heavy (non-hydrogen) atoms. The number of carbonyl (C=O) groups excluding carboxylic acids is 1. The number of aromatic nitrogens is 1. The Labute approximate surface area is 116 Å². The molecule has 100 valence electrons. The maximum absolute atomic E-state index is 14.0. The first-order valence-corrected chi connectivity index (χ1v) is 6.43. The molecule has 0 radical (unpaired) electrons. The molecule has 2 rings (SSSR count). The minimum Gasteiger partial charge on any atom is -0.462 e. The number of halogens is 2. The Morgan fingerprint density at radius 2 is 2.21 bits per heavy atom. The highest BCUT2D eigenvalue weighted by Crippen LogP contribution is 2.25. The van der Waals surface area contributed by atoms with Crippen LogP contribution in [0.3, 0.4) is 0 Å². The molecule has 0 spiro atoms. The van der Waals surface area contributed by atoms with E-state index in [0.717, 1.165) is 0 Å². The molecule has 0 aliphatic rings. The molecule has 1 aromatic carbocycles. The van der Waals surface area contributed by atoms with Gasteiger partial charge in [-0.3, -0.25) is 4.79 Å². The predicted molar refractivity (Wildman–Crippen MR) is 72.9 cm³/mol. The van der Waals surface area contributed by atoms with Crippen LogP contribution in [-0.4, -0.2) is 17.6 Å². The van der Waals surface area contributed by atoms with Gasteiger partial charge in [0.25, 0.3) is 0 Å². The lowest BCUT2D eigenvalue weighted by Gasteiger charge is -2.07. The highest BCUT2D eigenvalue weighted by Gasteiger charge is 2.18. The van der Waals surface area contributed by atoms with Crippen LogP contribution in [-0.2, 0) is 4.74 Å². The van der Waals surface area contributed by atoms with Gasteiger partial charge in [-0.25, -0.2) is 9.18 Å². The van der Waals surface area contributed by atoms with Crippen molar-refractivity contribution in [3.05, 3.63) is 43.9 Å². The molecule has 0 bridgehead atoms. The molecule has 4 nitrogen and oxygen atoms in total. The van der Waals surface area contributed by atoms with Gasteiger partial charge in [0.1, 0.15) is 5.56 Å². The van der Waals surface area contributed by atoms with Crippen molar-refractivity contribution in [1.82, 2.24) is 4.98 Å². The van der Waals surface area contributed by atoms with Crippen molar-refractivity contribution in [1.29, 1.82) is 0 Å². The van der Waals surface area contributed by atoms with E-state index in [-0.39, 0.29) is 22.0 Å². The van der Waals surface area contributed by atoms with Crippen LogP contribution >= 0.6 is 15.9 Å². The fourth-order valence-corrected chi connectivity index (χ4v) is 2.40. The third-order valence-corrected chi connectivity index (χ3v) is 3.32. The summed E-state index contributed by atoms with van der Waals surface area (Å²) < 4.78 is 19.0. The number of esters is 1. The number of hydrogen-bond acceptors (Lipinski definition) is 3. The van der Waals surface area contributed by atoms with E-state index in [1.54, 1.807) is 19.9 Å². The number of ether oxygens (including phenoxy) is 1. The topological polar surface area (TPSA) is 59.2 Å². The van der Waals surface area contributed by atoms with Gasteiger partial charge in [0, 0.05) is 6.20 Å². The highest BCUT2D eigenvalue weighted by molar-refractivity contribution is 9.10. The standard InChI is InChI=1S/C13H11BrFNO3/c1-3-19-13(18)7-5-16-11-6(2)4-8(14)10(15)9(11)12(7)17/h4-5H,3H2,1-2H3,(H,16,17). The number of hydrogen-bond donors (Lipinski definition) is 1. The number of fused-ring (bicyclic) bond motifs is 1. The molecular formula is C13H11BrFNO3. The van der Waals surface area contributed by atoms with E-state index in [0.29, 0.717) is 11.1 Å². The van der Waals surface area contributed by atoms with E-state index in [1.165, 1.54) is 6.20 Å². The molecule has 0 saturated heterocycles. The van der Waals surface area contributed by atoms with Gasteiger partial charge in [0.05, 0.1) is 22.0 Å². The summed E-state index contributed by atoms with van der Waals surface area (Å²) in [6.45, 7) is 3.53. The lowest BCUT2D eigenvalue weighted by molar-refractivity contribution is 0.0524. The largest absolute Gasteiger partial charge is 0.462 e. The average Bonchev–Trinajstić information content (AvgIpc) is 2.36. The third kappa shape index (κ3) is 2.28. The summed E-state index contributed by atoms with van der Waals surface area (Å²) >= 11 is 3.05. The predicted octanol–water partition coefficient (Wildman–Crippen LogP) is 2.91. The van der Waals surface area contributed by atoms with Gasteiger partial charge in [0.2, 0.25) is 5.43 Å². The second-order valence-corrected chi connectivity index (χ2v) is 4.85. The average molecular weight is 328 g/mol. The number of carbonyl (C=O) groups is 1. The van der Waals surface area contributed by atoms with E-state index in [1.807, 2.05) is 0 Å².